The van der Waals surface area contributed by atoms with Gasteiger partial charge < -0.3 is 19.9 Å². The van der Waals surface area contributed by atoms with Crippen LogP contribution in [0.1, 0.15) is 22.8 Å². The predicted molar refractivity (Wildman–Crippen MR) is 109 cm³/mol. The summed E-state index contributed by atoms with van der Waals surface area (Å²) in [7, 11) is 0. The molecule has 0 heterocycles. The third-order valence-corrected chi connectivity index (χ3v) is 4.13. The van der Waals surface area contributed by atoms with Crippen molar-refractivity contribution >= 4 is 17.6 Å². The molecular formula is C23H21NO5. The summed E-state index contributed by atoms with van der Waals surface area (Å²) in [4.78, 5) is 24.3. The molecule has 0 saturated carbocycles. The molecule has 1 amide bonds. The Hall–Kier alpha value is -3.80. The number of ether oxygens (including phenoxy) is 2. The Morgan fingerprint density at radius 2 is 1.59 bits per heavy atom. The average molecular weight is 391 g/mol. The van der Waals surface area contributed by atoms with Crippen LogP contribution in [0.25, 0.3) is 0 Å². The van der Waals surface area contributed by atoms with Gasteiger partial charge in [-0.3, -0.25) is 4.79 Å². The van der Waals surface area contributed by atoms with Crippen molar-refractivity contribution in [3.8, 4) is 11.5 Å². The van der Waals surface area contributed by atoms with Crippen LogP contribution in [0, 0.1) is 0 Å². The molecule has 0 bridgehead atoms. The van der Waals surface area contributed by atoms with Crippen molar-refractivity contribution in [2.45, 2.75) is 19.6 Å². The molecule has 0 saturated heterocycles. The number of hydrogen-bond acceptors (Lipinski definition) is 5. The molecule has 6 heteroatoms. The summed E-state index contributed by atoms with van der Waals surface area (Å²) < 4.78 is 10.9. The highest BCUT2D eigenvalue weighted by molar-refractivity contribution is 5.97. The highest BCUT2D eigenvalue weighted by atomic mass is 16.5. The lowest BCUT2D eigenvalue weighted by Gasteiger charge is -2.14. The quantitative estimate of drug-likeness (QED) is 0.591. The minimum absolute atomic E-state index is 0.0449. The zero-order valence-electron chi connectivity index (χ0n) is 15.9. The van der Waals surface area contributed by atoms with E-state index in [1.54, 1.807) is 24.3 Å². The maximum atomic E-state index is 12.3. The zero-order chi connectivity index (χ0) is 20.6. The Morgan fingerprint density at radius 1 is 0.931 bits per heavy atom. The number of rotatable bonds is 7. The number of phenols is 1. The Kier molecular flexibility index (Phi) is 6.47. The van der Waals surface area contributed by atoms with Gasteiger partial charge in [-0.1, -0.05) is 30.3 Å². The van der Waals surface area contributed by atoms with E-state index in [-0.39, 0.29) is 11.3 Å². The van der Waals surface area contributed by atoms with E-state index >= 15 is 0 Å². The first kappa shape index (κ1) is 19.9. The Labute approximate surface area is 168 Å². The molecule has 0 aliphatic rings. The molecule has 0 fully saturated rings. The normalized spacial score (nSPS) is 11.3. The van der Waals surface area contributed by atoms with Gasteiger partial charge in [0.2, 0.25) is 0 Å². The number of carbonyl (C=O) groups excluding carboxylic acids is 2. The van der Waals surface area contributed by atoms with Crippen LogP contribution in [0.4, 0.5) is 5.69 Å². The molecular weight excluding hydrogens is 370 g/mol. The number of nitrogens with one attached hydrogen (secondary N) is 1. The fourth-order valence-corrected chi connectivity index (χ4v) is 2.50. The van der Waals surface area contributed by atoms with Crippen LogP contribution in [0.15, 0.2) is 78.9 Å². The smallest absolute Gasteiger partial charge is 0.338 e. The Bertz CT molecular complexity index is 953. The lowest BCUT2D eigenvalue weighted by Crippen LogP contribution is -2.29. The van der Waals surface area contributed by atoms with Crippen LogP contribution in [0.3, 0.4) is 0 Å². The Morgan fingerprint density at radius 3 is 2.24 bits per heavy atom. The fourth-order valence-electron chi connectivity index (χ4n) is 2.50. The van der Waals surface area contributed by atoms with Crippen molar-refractivity contribution in [1.29, 1.82) is 0 Å². The SMILES string of the molecule is C[C@@H](OC(=O)c1ccc(O)cc1)C(=O)Nc1ccc(OCc2ccccc2)cc1. The monoisotopic (exact) mass is 391 g/mol. The van der Waals surface area contributed by atoms with Crippen LogP contribution in [0.2, 0.25) is 0 Å². The topological polar surface area (TPSA) is 84.9 Å². The maximum Gasteiger partial charge on any atom is 0.338 e. The van der Waals surface area contributed by atoms with Crippen LogP contribution < -0.4 is 10.1 Å². The lowest BCUT2D eigenvalue weighted by atomic mass is 10.2. The summed E-state index contributed by atoms with van der Waals surface area (Å²) in [6.07, 6.45) is -0.981. The first-order valence-electron chi connectivity index (χ1n) is 9.09. The second-order valence-corrected chi connectivity index (χ2v) is 6.38. The van der Waals surface area contributed by atoms with E-state index in [9.17, 15) is 14.7 Å². The van der Waals surface area contributed by atoms with E-state index in [2.05, 4.69) is 5.32 Å². The Balaban J connectivity index is 1.50. The summed E-state index contributed by atoms with van der Waals surface area (Å²) >= 11 is 0. The maximum absolute atomic E-state index is 12.3. The predicted octanol–water partition coefficient (Wildman–Crippen LogP) is 4.16. The van der Waals surface area contributed by atoms with Crippen molar-refractivity contribution in [2.24, 2.45) is 0 Å². The molecule has 148 valence electrons. The van der Waals surface area contributed by atoms with Crippen molar-refractivity contribution in [1.82, 2.24) is 0 Å². The number of carbonyl (C=O) groups is 2. The number of esters is 1. The molecule has 3 rings (SSSR count). The number of benzene rings is 3. The first-order valence-corrected chi connectivity index (χ1v) is 9.09. The number of anilines is 1. The van der Waals surface area contributed by atoms with Gasteiger partial charge in [-0.2, -0.15) is 0 Å². The van der Waals surface area contributed by atoms with Crippen LogP contribution in [-0.4, -0.2) is 23.1 Å². The molecule has 3 aromatic carbocycles. The van der Waals surface area contributed by atoms with Crippen molar-refractivity contribution in [3.05, 3.63) is 90.0 Å². The number of aromatic hydroxyl groups is 1. The zero-order valence-corrected chi connectivity index (χ0v) is 15.9. The molecule has 0 aromatic heterocycles. The average Bonchev–Trinajstić information content (AvgIpc) is 2.74. The van der Waals surface area contributed by atoms with E-state index < -0.39 is 18.0 Å². The van der Waals surface area contributed by atoms with Gasteiger partial charge in [-0.15, -0.1) is 0 Å². The summed E-state index contributed by atoms with van der Waals surface area (Å²) in [6.45, 7) is 1.95. The van der Waals surface area contributed by atoms with Gasteiger partial charge in [0.05, 0.1) is 5.56 Å². The van der Waals surface area contributed by atoms with Crippen molar-refractivity contribution < 1.29 is 24.2 Å². The van der Waals surface area contributed by atoms with Crippen LogP contribution >= 0.6 is 0 Å². The first-order chi connectivity index (χ1) is 14.0. The van der Waals surface area contributed by atoms with E-state index in [1.807, 2.05) is 30.3 Å². The van der Waals surface area contributed by atoms with Gasteiger partial charge in [0.1, 0.15) is 18.1 Å². The van der Waals surface area contributed by atoms with Gasteiger partial charge in [0, 0.05) is 5.69 Å². The molecule has 1 atom stereocenters. The molecule has 0 spiro atoms. The van der Waals surface area contributed by atoms with Gasteiger partial charge in [0.25, 0.3) is 5.91 Å². The van der Waals surface area contributed by atoms with E-state index in [0.717, 1.165) is 5.56 Å². The second-order valence-electron chi connectivity index (χ2n) is 6.38. The minimum atomic E-state index is -0.981. The number of amides is 1. The number of hydrogen-bond donors (Lipinski definition) is 2. The second kappa shape index (κ2) is 9.41. The minimum Gasteiger partial charge on any atom is -0.508 e. The van der Waals surface area contributed by atoms with Crippen molar-refractivity contribution in [2.75, 3.05) is 5.32 Å². The van der Waals surface area contributed by atoms with Gasteiger partial charge >= 0.3 is 5.97 Å². The summed E-state index contributed by atoms with van der Waals surface area (Å²) in [5.74, 6) is -0.366. The standard InChI is InChI=1S/C23H21NO5/c1-16(29-23(27)18-7-11-20(25)12-8-18)22(26)24-19-9-13-21(14-10-19)28-15-17-5-3-2-4-6-17/h2-14,16,25H,15H2,1H3,(H,24,26)/t16-/m1/s1. The van der Waals surface area contributed by atoms with E-state index in [0.29, 0.717) is 18.0 Å². The van der Waals surface area contributed by atoms with E-state index in [1.165, 1.54) is 31.2 Å². The molecule has 0 radical (unpaired) electrons. The highest BCUT2D eigenvalue weighted by Gasteiger charge is 2.19. The molecule has 2 N–H and O–H groups in total. The molecule has 3 aromatic rings. The fraction of sp³-hybridized carbons (Fsp3) is 0.130. The molecule has 6 nitrogen and oxygen atoms in total. The van der Waals surface area contributed by atoms with Gasteiger partial charge in [-0.25, -0.2) is 4.79 Å². The van der Waals surface area contributed by atoms with Crippen LogP contribution in [0.5, 0.6) is 11.5 Å². The van der Waals surface area contributed by atoms with E-state index in [4.69, 9.17) is 9.47 Å². The third-order valence-electron chi connectivity index (χ3n) is 4.13. The van der Waals surface area contributed by atoms with Crippen molar-refractivity contribution in [3.63, 3.8) is 0 Å². The summed E-state index contributed by atoms with van der Waals surface area (Å²) in [6, 6.07) is 22.4. The molecule has 0 aliphatic carbocycles. The van der Waals surface area contributed by atoms with Gasteiger partial charge in [0.15, 0.2) is 6.10 Å². The number of phenolic OH excluding ortho intramolecular Hbond substituents is 1. The largest absolute Gasteiger partial charge is 0.508 e. The molecule has 29 heavy (non-hydrogen) atoms. The lowest BCUT2D eigenvalue weighted by molar-refractivity contribution is -0.123. The highest BCUT2D eigenvalue weighted by Crippen LogP contribution is 2.18. The summed E-state index contributed by atoms with van der Waals surface area (Å²) in [5.41, 5.74) is 1.88. The summed E-state index contributed by atoms with van der Waals surface area (Å²) in [5, 5.41) is 12.0. The molecule has 0 aliphatic heterocycles. The van der Waals surface area contributed by atoms with Crippen LogP contribution in [-0.2, 0) is 16.1 Å². The third kappa shape index (κ3) is 5.84. The van der Waals surface area contributed by atoms with Gasteiger partial charge in [-0.05, 0) is 61.0 Å². The molecule has 0 unspecified atom stereocenters.